The molecular weight excluding hydrogens is 260 g/mol. The van der Waals surface area contributed by atoms with Gasteiger partial charge in [-0.3, -0.25) is 0 Å². The van der Waals surface area contributed by atoms with Crippen LogP contribution < -0.4 is 0 Å². The minimum absolute atomic E-state index is 0.0760. The summed E-state index contributed by atoms with van der Waals surface area (Å²) in [5.41, 5.74) is 0.827. The number of carbonyl (C=O) groups is 1. The lowest BCUT2D eigenvalue weighted by Crippen LogP contribution is -2.22. The van der Waals surface area contributed by atoms with Gasteiger partial charge in [0.1, 0.15) is 6.10 Å². The zero-order chi connectivity index (χ0) is 15.2. The summed E-state index contributed by atoms with van der Waals surface area (Å²) in [6.45, 7) is 6.58. The van der Waals surface area contributed by atoms with Crippen molar-refractivity contribution in [2.24, 2.45) is 17.8 Å². The Balaban J connectivity index is 1.79. The molecule has 2 aliphatic rings. The van der Waals surface area contributed by atoms with Crippen LogP contribution in [0.1, 0.15) is 78.6 Å². The SMILES string of the molecule is CC(=CC1CCC(C(C)C)CC1)C(=O)OC1CCCCC1. The van der Waals surface area contributed by atoms with Crippen LogP contribution in [-0.4, -0.2) is 12.1 Å². The van der Waals surface area contributed by atoms with Gasteiger partial charge >= 0.3 is 5.97 Å². The number of esters is 1. The van der Waals surface area contributed by atoms with Gasteiger partial charge in [0, 0.05) is 5.57 Å². The summed E-state index contributed by atoms with van der Waals surface area (Å²) in [7, 11) is 0. The quantitative estimate of drug-likeness (QED) is 0.521. The lowest BCUT2D eigenvalue weighted by atomic mass is 9.76. The first-order valence-corrected chi connectivity index (χ1v) is 8.95. The van der Waals surface area contributed by atoms with Crippen molar-refractivity contribution in [2.45, 2.75) is 84.7 Å². The van der Waals surface area contributed by atoms with E-state index in [4.69, 9.17) is 4.74 Å². The van der Waals surface area contributed by atoms with Gasteiger partial charge in [0.05, 0.1) is 0 Å². The van der Waals surface area contributed by atoms with E-state index in [2.05, 4.69) is 19.9 Å². The Morgan fingerprint density at radius 2 is 1.62 bits per heavy atom. The van der Waals surface area contributed by atoms with Crippen LogP contribution >= 0.6 is 0 Å². The molecule has 0 radical (unpaired) electrons. The van der Waals surface area contributed by atoms with E-state index in [-0.39, 0.29) is 12.1 Å². The summed E-state index contributed by atoms with van der Waals surface area (Å²) in [6, 6.07) is 0. The van der Waals surface area contributed by atoms with E-state index in [0.29, 0.717) is 5.92 Å². The molecule has 2 heteroatoms. The molecule has 0 heterocycles. The second-order valence-corrected chi connectivity index (χ2v) is 7.43. The minimum Gasteiger partial charge on any atom is -0.459 e. The predicted molar refractivity (Wildman–Crippen MR) is 87.0 cm³/mol. The third-order valence-electron chi connectivity index (χ3n) is 5.39. The molecule has 0 amide bonds. The maximum atomic E-state index is 12.2. The Kier molecular flexibility index (Phi) is 6.32. The van der Waals surface area contributed by atoms with Crippen LogP contribution in [0.15, 0.2) is 11.6 Å². The van der Waals surface area contributed by atoms with Gasteiger partial charge in [0.2, 0.25) is 0 Å². The Labute approximate surface area is 130 Å². The summed E-state index contributed by atoms with van der Waals surface area (Å²) >= 11 is 0. The topological polar surface area (TPSA) is 26.3 Å². The normalized spacial score (nSPS) is 28.7. The van der Waals surface area contributed by atoms with Crippen molar-refractivity contribution in [2.75, 3.05) is 0 Å². The second-order valence-electron chi connectivity index (χ2n) is 7.43. The average Bonchev–Trinajstić information content (AvgIpc) is 2.48. The van der Waals surface area contributed by atoms with E-state index in [1.807, 2.05) is 6.92 Å². The molecule has 0 aromatic carbocycles. The molecule has 0 N–H and O–H groups in total. The molecule has 2 saturated carbocycles. The molecule has 0 aliphatic heterocycles. The van der Waals surface area contributed by atoms with Crippen molar-refractivity contribution in [3.05, 3.63) is 11.6 Å². The number of rotatable bonds is 4. The number of ether oxygens (including phenoxy) is 1. The third-order valence-corrected chi connectivity index (χ3v) is 5.39. The molecule has 2 rings (SSSR count). The van der Waals surface area contributed by atoms with E-state index < -0.39 is 0 Å². The maximum Gasteiger partial charge on any atom is 0.333 e. The fraction of sp³-hybridized carbons (Fsp3) is 0.842. The largest absolute Gasteiger partial charge is 0.459 e. The summed E-state index contributed by atoms with van der Waals surface area (Å²) in [4.78, 5) is 12.2. The van der Waals surface area contributed by atoms with Crippen LogP contribution in [0.2, 0.25) is 0 Å². The zero-order valence-electron chi connectivity index (χ0n) is 14.1. The van der Waals surface area contributed by atoms with Crippen LogP contribution in [0.4, 0.5) is 0 Å². The van der Waals surface area contributed by atoms with Crippen LogP contribution in [0.25, 0.3) is 0 Å². The maximum absolute atomic E-state index is 12.2. The fourth-order valence-electron chi connectivity index (χ4n) is 3.83. The van der Waals surface area contributed by atoms with Crippen molar-refractivity contribution in [3.63, 3.8) is 0 Å². The molecule has 0 unspecified atom stereocenters. The summed E-state index contributed by atoms with van der Waals surface area (Å²) in [5, 5.41) is 0. The molecule has 0 aromatic heterocycles. The highest BCUT2D eigenvalue weighted by molar-refractivity contribution is 5.87. The molecule has 0 bridgehead atoms. The molecule has 0 aromatic rings. The van der Waals surface area contributed by atoms with Crippen LogP contribution in [-0.2, 0) is 9.53 Å². The van der Waals surface area contributed by atoms with E-state index in [1.54, 1.807) is 0 Å². The molecule has 2 nitrogen and oxygen atoms in total. The number of allylic oxidation sites excluding steroid dienone is 1. The molecule has 2 aliphatic carbocycles. The van der Waals surface area contributed by atoms with Gasteiger partial charge in [0.25, 0.3) is 0 Å². The van der Waals surface area contributed by atoms with Gasteiger partial charge in [-0.05, 0) is 76.0 Å². The first-order chi connectivity index (χ1) is 10.1. The van der Waals surface area contributed by atoms with Crippen LogP contribution in [0, 0.1) is 17.8 Å². The average molecular weight is 292 g/mol. The second kappa shape index (κ2) is 8.00. The molecule has 0 atom stereocenters. The van der Waals surface area contributed by atoms with Crippen molar-refractivity contribution < 1.29 is 9.53 Å². The van der Waals surface area contributed by atoms with Gasteiger partial charge in [-0.15, -0.1) is 0 Å². The number of hydrogen-bond donors (Lipinski definition) is 0. The Morgan fingerprint density at radius 1 is 1.00 bits per heavy atom. The minimum atomic E-state index is -0.0760. The van der Waals surface area contributed by atoms with Gasteiger partial charge in [0.15, 0.2) is 0 Å². The van der Waals surface area contributed by atoms with E-state index in [1.165, 1.54) is 44.9 Å². The third kappa shape index (κ3) is 5.16. The highest BCUT2D eigenvalue weighted by Crippen LogP contribution is 2.34. The van der Waals surface area contributed by atoms with Crippen molar-refractivity contribution >= 4 is 5.97 Å². The van der Waals surface area contributed by atoms with Crippen molar-refractivity contribution in [3.8, 4) is 0 Å². The van der Waals surface area contributed by atoms with E-state index in [9.17, 15) is 4.79 Å². The Bertz CT molecular complexity index is 356. The fourth-order valence-corrected chi connectivity index (χ4v) is 3.83. The first-order valence-electron chi connectivity index (χ1n) is 8.95. The molecule has 2 fully saturated rings. The van der Waals surface area contributed by atoms with Crippen molar-refractivity contribution in [1.29, 1.82) is 0 Å². The van der Waals surface area contributed by atoms with E-state index in [0.717, 1.165) is 30.3 Å². The molecule has 0 saturated heterocycles. The summed E-state index contributed by atoms with van der Waals surface area (Å²) in [6.07, 6.45) is 13.3. The van der Waals surface area contributed by atoms with Gasteiger partial charge < -0.3 is 4.74 Å². The van der Waals surface area contributed by atoms with E-state index >= 15 is 0 Å². The summed E-state index contributed by atoms with van der Waals surface area (Å²) < 4.78 is 5.65. The lowest BCUT2D eigenvalue weighted by Gasteiger charge is -2.29. The number of hydrogen-bond acceptors (Lipinski definition) is 2. The Hall–Kier alpha value is -0.790. The van der Waals surface area contributed by atoms with Crippen molar-refractivity contribution in [1.82, 2.24) is 0 Å². The van der Waals surface area contributed by atoms with Gasteiger partial charge in [-0.2, -0.15) is 0 Å². The smallest absolute Gasteiger partial charge is 0.333 e. The van der Waals surface area contributed by atoms with Crippen LogP contribution in [0.5, 0.6) is 0 Å². The lowest BCUT2D eigenvalue weighted by molar-refractivity contribution is -0.145. The number of carbonyl (C=O) groups excluding carboxylic acids is 1. The highest BCUT2D eigenvalue weighted by Gasteiger charge is 2.23. The predicted octanol–water partition coefficient (Wildman–Crippen LogP) is 5.27. The summed E-state index contributed by atoms with van der Waals surface area (Å²) in [5.74, 6) is 2.18. The van der Waals surface area contributed by atoms with Gasteiger partial charge in [-0.25, -0.2) is 4.79 Å². The molecule has 120 valence electrons. The monoisotopic (exact) mass is 292 g/mol. The first kappa shape index (κ1) is 16.6. The standard InChI is InChI=1S/C19H32O2/c1-14(2)17-11-9-16(10-12-17)13-15(3)19(20)21-18-7-5-4-6-8-18/h13-14,16-18H,4-12H2,1-3H3. The molecule has 21 heavy (non-hydrogen) atoms. The Morgan fingerprint density at radius 3 is 2.19 bits per heavy atom. The zero-order valence-corrected chi connectivity index (χ0v) is 14.1. The highest BCUT2D eigenvalue weighted by atomic mass is 16.5. The molecular formula is C19H32O2. The van der Waals surface area contributed by atoms with Gasteiger partial charge in [-0.1, -0.05) is 26.3 Å². The van der Waals surface area contributed by atoms with Crippen LogP contribution in [0.3, 0.4) is 0 Å². The molecule has 0 spiro atoms.